The summed E-state index contributed by atoms with van der Waals surface area (Å²) in [6.07, 6.45) is 10.2. The molecule has 3 aromatic heterocycles. The molecule has 3 N–H and O–H groups in total. The van der Waals surface area contributed by atoms with E-state index in [1.54, 1.807) is 6.33 Å². The van der Waals surface area contributed by atoms with Gasteiger partial charge in [0.15, 0.2) is 0 Å². The molecule has 0 bridgehead atoms. The highest BCUT2D eigenvalue weighted by molar-refractivity contribution is 6.11. The maximum Gasteiger partial charge on any atom is 0.319 e. The molecule has 0 unspecified atom stereocenters. The van der Waals surface area contributed by atoms with Crippen LogP contribution in [0.1, 0.15) is 12.0 Å². The zero-order valence-electron chi connectivity index (χ0n) is 22.6. The molecule has 1 aromatic carbocycles. The van der Waals surface area contributed by atoms with E-state index in [2.05, 4.69) is 63.6 Å². The number of fused-ring (bicyclic) bond motifs is 1. The molecule has 2 fully saturated rings. The Labute approximate surface area is 237 Å². The Morgan fingerprint density at radius 3 is 2.71 bits per heavy atom. The van der Waals surface area contributed by atoms with Crippen molar-refractivity contribution >= 4 is 46.0 Å². The summed E-state index contributed by atoms with van der Waals surface area (Å²) < 4.78 is 5.49. The van der Waals surface area contributed by atoms with Crippen molar-refractivity contribution in [1.82, 2.24) is 25.3 Å². The molecule has 3 aliphatic rings. The van der Waals surface area contributed by atoms with Crippen LogP contribution in [0.2, 0.25) is 0 Å². The van der Waals surface area contributed by atoms with Crippen LogP contribution in [0.5, 0.6) is 0 Å². The van der Waals surface area contributed by atoms with Gasteiger partial charge in [-0.1, -0.05) is 18.2 Å². The molecular weight excluding hydrogens is 518 g/mol. The van der Waals surface area contributed by atoms with Gasteiger partial charge >= 0.3 is 6.03 Å². The highest BCUT2D eigenvalue weighted by Crippen LogP contribution is 2.30. The Hall–Kier alpha value is -4.77. The molecule has 0 spiro atoms. The van der Waals surface area contributed by atoms with Crippen molar-refractivity contribution in [3.63, 3.8) is 0 Å². The summed E-state index contributed by atoms with van der Waals surface area (Å²) in [6, 6.07) is 11.9. The van der Waals surface area contributed by atoms with E-state index in [1.165, 1.54) is 0 Å². The molecule has 1 atom stereocenters. The van der Waals surface area contributed by atoms with E-state index in [4.69, 9.17) is 4.74 Å². The molecule has 41 heavy (non-hydrogen) atoms. The number of ether oxygens (including phenoxy) is 1. The normalized spacial score (nSPS) is 18.6. The number of nitrogens with one attached hydrogen (secondary N) is 3. The third kappa shape index (κ3) is 5.36. The van der Waals surface area contributed by atoms with Crippen LogP contribution < -0.4 is 20.4 Å². The van der Waals surface area contributed by atoms with Gasteiger partial charge in [0.1, 0.15) is 17.8 Å². The van der Waals surface area contributed by atoms with Gasteiger partial charge in [0.2, 0.25) is 0 Å². The first-order valence-electron chi connectivity index (χ1n) is 13.9. The van der Waals surface area contributed by atoms with E-state index in [1.807, 2.05) is 42.9 Å². The maximum atomic E-state index is 12.8. The number of rotatable bonds is 6. The fourth-order valence-corrected chi connectivity index (χ4v) is 5.61. The number of H-pyrrole nitrogens is 1. The number of hydrogen-bond acceptors (Lipinski definition) is 8. The first kappa shape index (κ1) is 25.2. The van der Waals surface area contributed by atoms with Crippen LogP contribution >= 0.6 is 0 Å². The van der Waals surface area contributed by atoms with Crippen LogP contribution in [0.4, 0.5) is 22.0 Å². The smallest absolute Gasteiger partial charge is 0.319 e. The quantitative estimate of drug-likeness (QED) is 0.335. The molecule has 3 aliphatic heterocycles. The van der Waals surface area contributed by atoms with Gasteiger partial charge in [-0.15, -0.1) is 0 Å². The highest BCUT2D eigenvalue weighted by Gasteiger charge is 2.25. The molecule has 4 aromatic rings. The molecule has 2 saturated heterocycles. The van der Waals surface area contributed by atoms with Gasteiger partial charge in [0.25, 0.3) is 0 Å². The average molecular weight is 550 g/mol. The van der Waals surface area contributed by atoms with Crippen LogP contribution in [0.25, 0.3) is 27.9 Å². The van der Waals surface area contributed by atoms with Crippen LogP contribution in [0.15, 0.2) is 66.2 Å². The lowest BCUT2D eigenvalue weighted by molar-refractivity contribution is 0.122. The number of aliphatic imine (C=N–C) groups is 1. The number of aromatic nitrogens is 4. The predicted octanol–water partition coefficient (Wildman–Crippen LogP) is 3.72. The number of benzene rings is 1. The fraction of sp³-hybridized carbons (Fsp3) is 0.300. The highest BCUT2D eigenvalue weighted by atomic mass is 16.5. The van der Waals surface area contributed by atoms with Crippen molar-refractivity contribution < 1.29 is 9.53 Å². The molecule has 208 valence electrons. The van der Waals surface area contributed by atoms with E-state index in [0.29, 0.717) is 13.2 Å². The van der Waals surface area contributed by atoms with E-state index < -0.39 is 0 Å². The number of allylic oxidation sites excluding steroid dienone is 1. The van der Waals surface area contributed by atoms with Crippen LogP contribution in [-0.4, -0.2) is 84.2 Å². The minimum absolute atomic E-state index is 0.0540. The standard InChI is InChI=1S/C30H31N9O2/c40-30(36-24-6-8-39(18-24)25-13-22(16-32-17-25)21-5-7-31-15-21)35-23-3-1-20(2-4-23)27-14-26-28(37-27)33-19-34-29(26)38-9-11-41-12-10-38/h1-5,13-17,19,24H,6-12,18H2,(H,33,34,37)(H2,35,36,40)/t24-/m0/s1. The first-order chi connectivity index (χ1) is 20.2. The zero-order valence-corrected chi connectivity index (χ0v) is 22.6. The SMILES string of the molecule is O=C(Nc1ccc(-c2cc3c(N4CCOCC4)ncnc3[nH]2)cc1)N[C@H]1CCN(c2cncc(C3=CCN=C3)c2)C1. The summed E-state index contributed by atoms with van der Waals surface area (Å²) in [6.45, 7) is 5.34. The lowest BCUT2D eigenvalue weighted by atomic mass is 10.1. The van der Waals surface area contributed by atoms with Crippen molar-refractivity contribution in [2.45, 2.75) is 12.5 Å². The molecule has 6 heterocycles. The molecular formula is C30H31N9O2. The zero-order chi connectivity index (χ0) is 27.6. The Kier molecular flexibility index (Phi) is 6.77. The van der Waals surface area contributed by atoms with E-state index in [-0.39, 0.29) is 12.1 Å². The average Bonchev–Trinajstić information content (AvgIpc) is 3.79. The van der Waals surface area contributed by atoms with Gasteiger partial charge in [-0.3, -0.25) is 9.98 Å². The molecule has 0 radical (unpaired) electrons. The summed E-state index contributed by atoms with van der Waals surface area (Å²) in [7, 11) is 0. The number of carbonyl (C=O) groups excluding carboxylic acids is 1. The summed E-state index contributed by atoms with van der Waals surface area (Å²) in [4.78, 5) is 38.4. The van der Waals surface area contributed by atoms with Crippen molar-refractivity contribution in [2.24, 2.45) is 4.99 Å². The molecule has 7 rings (SSSR count). The van der Waals surface area contributed by atoms with Gasteiger partial charge < -0.3 is 30.2 Å². The summed E-state index contributed by atoms with van der Waals surface area (Å²) in [5, 5.41) is 7.08. The number of hydrogen-bond donors (Lipinski definition) is 3. The first-order valence-corrected chi connectivity index (χ1v) is 13.9. The second-order valence-electron chi connectivity index (χ2n) is 10.4. The lowest BCUT2D eigenvalue weighted by Gasteiger charge is -2.27. The van der Waals surface area contributed by atoms with Crippen molar-refractivity contribution in [3.05, 3.63) is 66.8 Å². The van der Waals surface area contributed by atoms with Crippen LogP contribution in [-0.2, 0) is 4.74 Å². The largest absolute Gasteiger partial charge is 0.378 e. The Balaban J connectivity index is 0.968. The fourth-order valence-electron chi connectivity index (χ4n) is 5.61. The number of urea groups is 1. The number of carbonyl (C=O) groups is 1. The summed E-state index contributed by atoms with van der Waals surface area (Å²) in [5.74, 6) is 0.922. The number of amides is 2. The third-order valence-electron chi connectivity index (χ3n) is 7.76. The Morgan fingerprint density at radius 2 is 1.88 bits per heavy atom. The number of morpholine rings is 1. The summed E-state index contributed by atoms with van der Waals surface area (Å²) >= 11 is 0. The van der Waals surface area contributed by atoms with Crippen LogP contribution in [0.3, 0.4) is 0 Å². The number of aromatic amines is 1. The van der Waals surface area contributed by atoms with Gasteiger partial charge in [-0.05, 0) is 41.8 Å². The molecule has 2 amide bonds. The molecule has 11 nitrogen and oxygen atoms in total. The molecule has 0 aliphatic carbocycles. The van der Waals surface area contributed by atoms with Crippen molar-refractivity contribution in [3.8, 4) is 11.3 Å². The van der Waals surface area contributed by atoms with Gasteiger partial charge in [-0.25, -0.2) is 14.8 Å². The van der Waals surface area contributed by atoms with Gasteiger partial charge in [-0.2, -0.15) is 0 Å². The molecule has 11 heteroatoms. The second-order valence-corrected chi connectivity index (χ2v) is 10.4. The lowest BCUT2D eigenvalue weighted by Crippen LogP contribution is -2.39. The number of pyridine rings is 1. The third-order valence-corrected chi connectivity index (χ3v) is 7.76. The minimum Gasteiger partial charge on any atom is -0.378 e. The minimum atomic E-state index is -0.208. The van der Waals surface area contributed by atoms with Crippen molar-refractivity contribution in [1.29, 1.82) is 0 Å². The van der Waals surface area contributed by atoms with Crippen molar-refractivity contribution in [2.75, 3.05) is 61.1 Å². The second kappa shape index (κ2) is 11.0. The number of anilines is 3. The van der Waals surface area contributed by atoms with Gasteiger partial charge in [0.05, 0.1) is 37.0 Å². The topological polar surface area (TPSA) is 124 Å². The number of nitrogens with zero attached hydrogens (tertiary/aromatic N) is 6. The van der Waals surface area contributed by atoms with E-state index >= 15 is 0 Å². The predicted molar refractivity (Wildman–Crippen MR) is 161 cm³/mol. The van der Waals surface area contributed by atoms with E-state index in [0.717, 1.165) is 89.8 Å². The monoisotopic (exact) mass is 549 g/mol. The molecule has 0 saturated carbocycles. The van der Waals surface area contributed by atoms with Crippen LogP contribution in [0, 0.1) is 0 Å². The van der Waals surface area contributed by atoms with E-state index in [9.17, 15) is 4.79 Å². The Bertz CT molecular complexity index is 1620. The summed E-state index contributed by atoms with van der Waals surface area (Å²) in [5.41, 5.74) is 6.72. The van der Waals surface area contributed by atoms with Gasteiger partial charge in [0, 0.05) is 61.6 Å². The Morgan fingerprint density at radius 1 is 1.00 bits per heavy atom. The maximum absolute atomic E-state index is 12.8.